The first kappa shape index (κ1) is 15.7. The summed E-state index contributed by atoms with van der Waals surface area (Å²) in [6, 6.07) is 11.6. The molecule has 22 heavy (non-hydrogen) atoms. The van der Waals surface area contributed by atoms with E-state index in [1.165, 1.54) is 43.0 Å². The van der Waals surface area contributed by atoms with Crippen LogP contribution in [-0.2, 0) is 5.75 Å². The number of carbonyl (C=O) groups is 1. The minimum absolute atomic E-state index is 0.106. The predicted molar refractivity (Wildman–Crippen MR) is 95.3 cm³/mol. The van der Waals surface area contributed by atoms with Gasteiger partial charge in [0.1, 0.15) is 5.75 Å². The Labute approximate surface area is 139 Å². The molecule has 1 heterocycles. The maximum atomic E-state index is 12.1. The number of fused-ring (bicyclic) bond motifs is 1. The van der Waals surface area contributed by atoms with Crippen LogP contribution >= 0.6 is 23.7 Å². The van der Waals surface area contributed by atoms with E-state index in [9.17, 15) is 9.90 Å². The molecule has 0 saturated carbocycles. The number of phenols is 1. The van der Waals surface area contributed by atoms with Crippen molar-refractivity contribution in [3.05, 3.63) is 42.0 Å². The first-order chi connectivity index (χ1) is 10.7. The average Bonchev–Trinajstić information content (AvgIpc) is 2.55. The summed E-state index contributed by atoms with van der Waals surface area (Å²) in [5, 5.41) is 12.2. The molecule has 2 aromatic carbocycles. The van der Waals surface area contributed by atoms with Crippen LogP contribution in [0.5, 0.6) is 5.75 Å². The van der Waals surface area contributed by atoms with Crippen molar-refractivity contribution in [3.63, 3.8) is 0 Å². The summed E-state index contributed by atoms with van der Waals surface area (Å²) in [5.74, 6) is 0.773. The molecule has 3 nitrogen and oxygen atoms in total. The van der Waals surface area contributed by atoms with Crippen LogP contribution in [0.1, 0.15) is 24.8 Å². The van der Waals surface area contributed by atoms with Crippen molar-refractivity contribution in [2.24, 2.45) is 0 Å². The maximum Gasteiger partial charge on any atom is 0.261 e. The third-order valence-corrected chi connectivity index (χ3v) is 5.89. The number of thioether (sulfide) groups is 1. The first-order valence-electron chi connectivity index (χ1n) is 7.53. The van der Waals surface area contributed by atoms with Gasteiger partial charge >= 0.3 is 0 Å². The zero-order valence-electron chi connectivity index (χ0n) is 12.3. The van der Waals surface area contributed by atoms with Gasteiger partial charge < -0.3 is 5.11 Å². The highest BCUT2D eigenvalue weighted by Crippen LogP contribution is 2.33. The molecule has 116 valence electrons. The Morgan fingerprint density at radius 2 is 1.86 bits per heavy atom. The van der Waals surface area contributed by atoms with Crippen LogP contribution in [0.3, 0.4) is 0 Å². The Hall–Kier alpha value is -1.17. The monoisotopic (exact) mass is 333 g/mol. The lowest BCUT2D eigenvalue weighted by Crippen LogP contribution is -2.23. The van der Waals surface area contributed by atoms with Crippen molar-refractivity contribution < 1.29 is 9.90 Å². The summed E-state index contributed by atoms with van der Waals surface area (Å²) in [4.78, 5) is 12.1. The fourth-order valence-electron chi connectivity index (χ4n) is 2.70. The van der Waals surface area contributed by atoms with Crippen LogP contribution in [0.15, 0.2) is 36.4 Å². The second kappa shape index (κ2) is 7.40. The molecule has 1 fully saturated rings. The topological polar surface area (TPSA) is 40.5 Å². The quantitative estimate of drug-likeness (QED) is 0.798. The number of benzene rings is 2. The number of rotatable bonds is 3. The van der Waals surface area contributed by atoms with E-state index in [0.717, 1.165) is 29.4 Å². The summed E-state index contributed by atoms with van der Waals surface area (Å²) in [7, 11) is 0. The second-order valence-electron chi connectivity index (χ2n) is 5.40. The van der Waals surface area contributed by atoms with Gasteiger partial charge in [-0.1, -0.05) is 48.5 Å². The van der Waals surface area contributed by atoms with Crippen LogP contribution in [0.2, 0.25) is 0 Å². The van der Waals surface area contributed by atoms with Crippen LogP contribution in [0.25, 0.3) is 10.8 Å². The Morgan fingerprint density at radius 3 is 2.68 bits per heavy atom. The van der Waals surface area contributed by atoms with E-state index in [-0.39, 0.29) is 10.2 Å². The fraction of sp³-hybridized carbons (Fsp3) is 0.353. The van der Waals surface area contributed by atoms with E-state index in [4.69, 9.17) is 0 Å². The summed E-state index contributed by atoms with van der Waals surface area (Å²) >= 11 is 2.60. The summed E-state index contributed by atoms with van der Waals surface area (Å²) in [5.41, 5.74) is 0.843. The molecular formula is C17H19NO2S2. The number of phenolic OH excluding ortho intramolecular Hbond substituents is 1. The Bertz CT molecular complexity index is 669. The summed E-state index contributed by atoms with van der Waals surface area (Å²) in [6.07, 6.45) is 3.62. The van der Waals surface area contributed by atoms with Gasteiger partial charge in [-0.15, -0.1) is 0 Å². The van der Waals surface area contributed by atoms with Crippen LogP contribution in [0, 0.1) is 0 Å². The summed E-state index contributed by atoms with van der Waals surface area (Å²) < 4.78 is 2.26. The molecule has 0 radical (unpaired) electrons. The SMILES string of the molecule is O=C(SCc1c(O)ccc2ccccc12)SN1CCCCC1. The number of carbonyl (C=O) groups excluding carboxylic acids is 1. The molecule has 0 aliphatic carbocycles. The van der Waals surface area contributed by atoms with E-state index >= 15 is 0 Å². The molecule has 0 bridgehead atoms. The van der Waals surface area contributed by atoms with Gasteiger partial charge in [-0.05, 0) is 29.7 Å². The predicted octanol–water partition coefficient (Wildman–Crippen LogP) is 5.03. The number of nitrogens with zero attached hydrogens (tertiary/aromatic N) is 1. The molecule has 1 aliphatic heterocycles. The smallest absolute Gasteiger partial charge is 0.261 e. The number of aromatic hydroxyl groups is 1. The van der Waals surface area contributed by atoms with E-state index in [1.807, 2.05) is 30.3 Å². The lowest BCUT2D eigenvalue weighted by molar-refractivity contribution is 0.275. The zero-order valence-corrected chi connectivity index (χ0v) is 14.0. The lowest BCUT2D eigenvalue weighted by atomic mass is 10.0. The fourth-order valence-corrected chi connectivity index (χ4v) is 4.62. The molecule has 2 aromatic rings. The van der Waals surface area contributed by atoms with Crippen molar-refractivity contribution in [1.29, 1.82) is 0 Å². The second-order valence-corrected chi connectivity index (χ2v) is 7.68. The summed E-state index contributed by atoms with van der Waals surface area (Å²) in [6.45, 7) is 1.99. The van der Waals surface area contributed by atoms with Gasteiger partial charge in [0, 0.05) is 36.4 Å². The Balaban J connectivity index is 1.65. The third kappa shape index (κ3) is 3.77. The lowest BCUT2D eigenvalue weighted by Gasteiger charge is -2.23. The number of hydrogen-bond acceptors (Lipinski definition) is 5. The van der Waals surface area contributed by atoms with Gasteiger partial charge in [-0.2, -0.15) is 0 Å². The Morgan fingerprint density at radius 1 is 1.09 bits per heavy atom. The molecule has 1 saturated heterocycles. The van der Waals surface area contributed by atoms with Gasteiger partial charge in [0.15, 0.2) is 0 Å². The molecule has 0 aromatic heterocycles. The molecule has 1 aliphatic rings. The largest absolute Gasteiger partial charge is 0.508 e. The van der Waals surface area contributed by atoms with Crippen LogP contribution in [0.4, 0.5) is 4.79 Å². The minimum atomic E-state index is 0.106. The molecule has 0 amide bonds. The van der Waals surface area contributed by atoms with Gasteiger partial charge in [-0.3, -0.25) is 4.79 Å². The molecule has 5 heteroatoms. The molecule has 1 N–H and O–H groups in total. The van der Waals surface area contributed by atoms with Gasteiger partial charge in [0.25, 0.3) is 4.45 Å². The highest BCUT2D eigenvalue weighted by molar-refractivity contribution is 8.37. The maximum absolute atomic E-state index is 12.1. The van der Waals surface area contributed by atoms with E-state index in [2.05, 4.69) is 4.31 Å². The van der Waals surface area contributed by atoms with E-state index in [0.29, 0.717) is 5.75 Å². The minimum Gasteiger partial charge on any atom is -0.508 e. The van der Waals surface area contributed by atoms with E-state index in [1.54, 1.807) is 6.07 Å². The highest BCUT2D eigenvalue weighted by atomic mass is 32.2. The van der Waals surface area contributed by atoms with Crippen molar-refractivity contribution in [3.8, 4) is 5.75 Å². The van der Waals surface area contributed by atoms with Crippen LogP contribution < -0.4 is 0 Å². The normalized spacial score (nSPS) is 16.0. The standard InChI is InChI=1S/C17H19NO2S2/c19-16-9-8-13-6-2-3-7-14(13)15(16)12-21-17(20)22-18-10-4-1-5-11-18/h2-3,6-9,19H,1,4-5,10-12H2. The Kier molecular flexibility index (Phi) is 5.28. The van der Waals surface area contributed by atoms with E-state index < -0.39 is 0 Å². The molecule has 0 unspecified atom stereocenters. The number of piperidine rings is 1. The van der Waals surface area contributed by atoms with Crippen molar-refractivity contribution >= 4 is 38.9 Å². The van der Waals surface area contributed by atoms with Gasteiger partial charge in [0.05, 0.1) is 0 Å². The van der Waals surface area contributed by atoms with Crippen LogP contribution in [-0.4, -0.2) is 26.9 Å². The molecular weight excluding hydrogens is 314 g/mol. The van der Waals surface area contributed by atoms with Crippen molar-refractivity contribution in [2.75, 3.05) is 13.1 Å². The highest BCUT2D eigenvalue weighted by Gasteiger charge is 2.16. The van der Waals surface area contributed by atoms with Crippen molar-refractivity contribution in [2.45, 2.75) is 25.0 Å². The molecule has 3 rings (SSSR count). The zero-order chi connectivity index (χ0) is 15.4. The average molecular weight is 333 g/mol. The first-order valence-corrected chi connectivity index (χ1v) is 9.29. The van der Waals surface area contributed by atoms with Crippen molar-refractivity contribution in [1.82, 2.24) is 4.31 Å². The van der Waals surface area contributed by atoms with Gasteiger partial charge in [-0.25, -0.2) is 4.31 Å². The molecule has 0 spiro atoms. The molecule has 0 atom stereocenters. The van der Waals surface area contributed by atoms with Gasteiger partial charge in [0.2, 0.25) is 0 Å². The number of hydrogen-bond donors (Lipinski definition) is 1. The third-order valence-electron chi connectivity index (χ3n) is 3.87.